The zero-order valence-electron chi connectivity index (χ0n) is 12.5. The molecular weight excluding hydrogens is 280 g/mol. The van der Waals surface area contributed by atoms with E-state index in [4.69, 9.17) is 4.42 Å². The summed E-state index contributed by atoms with van der Waals surface area (Å²) in [4.78, 5) is 16.4. The topological polar surface area (TPSA) is 73.0 Å². The van der Waals surface area contributed by atoms with Crippen LogP contribution in [0.4, 0.5) is 6.01 Å². The van der Waals surface area contributed by atoms with E-state index in [0.29, 0.717) is 12.1 Å². The monoisotopic (exact) mass is 300 g/mol. The highest BCUT2D eigenvalue weighted by molar-refractivity contribution is 5.23. The maximum absolute atomic E-state index is 12.3. The number of nitrogens with zero attached hydrogens (tertiary/aromatic N) is 3. The molecule has 116 valence electrons. The van der Waals surface area contributed by atoms with Gasteiger partial charge in [-0.3, -0.25) is 4.79 Å². The molecule has 0 radical (unpaired) electrons. The zero-order valence-corrected chi connectivity index (χ0v) is 12.5. The number of nitrogens with one attached hydrogen (secondary N) is 1. The van der Waals surface area contributed by atoms with Crippen molar-refractivity contribution in [2.75, 3.05) is 5.32 Å². The number of fused-ring (bicyclic) bond motifs is 1. The lowest BCUT2D eigenvalue weighted by atomic mass is 9.91. The first-order valence-electron chi connectivity index (χ1n) is 8.07. The average Bonchev–Trinajstić information content (AvgIpc) is 3.18. The molecule has 2 aromatic rings. The van der Waals surface area contributed by atoms with Crippen LogP contribution in [0, 0.1) is 0 Å². The summed E-state index contributed by atoms with van der Waals surface area (Å²) < 4.78 is 6.96. The van der Waals surface area contributed by atoms with Gasteiger partial charge in [0.05, 0.1) is 17.9 Å². The van der Waals surface area contributed by atoms with Gasteiger partial charge in [0, 0.05) is 12.1 Å². The molecule has 6 heteroatoms. The summed E-state index contributed by atoms with van der Waals surface area (Å²) in [6, 6.07) is 2.96. The molecule has 1 fully saturated rings. The van der Waals surface area contributed by atoms with Gasteiger partial charge in [0.1, 0.15) is 6.26 Å². The summed E-state index contributed by atoms with van der Waals surface area (Å²) in [5.41, 5.74) is 2.34. The van der Waals surface area contributed by atoms with Crippen LogP contribution in [0.2, 0.25) is 0 Å². The molecule has 0 bridgehead atoms. The predicted molar refractivity (Wildman–Crippen MR) is 81.9 cm³/mol. The van der Waals surface area contributed by atoms with Crippen LogP contribution in [0.3, 0.4) is 0 Å². The highest BCUT2D eigenvalue weighted by atomic mass is 16.4. The zero-order chi connectivity index (χ0) is 14.9. The molecule has 0 aromatic carbocycles. The average molecular weight is 300 g/mol. The highest BCUT2D eigenvalue weighted by Gasteiger charge is 2.25. The van der Waals surface area contributed by atoms with E-state index in [0.717, 1.165) is 56.2 Å². The molecular formula is C16H20N4O2. The number of anilines is 1. The van der Waals surface area contributed by atoms with Crippen LogP contribution < -0.4 is 10.9 Å². The molecule has 2 aromatic heterocycles. The molecule has 22 heavy (non-hydrogen) atoms. The minimum atomic E-state index is 0.0600. The lowest BCUT2D eigenvalue weighted by Gasteiger charge is -2.29. The summed E-state index contributed by atoms with van der Waals surface area (Å²) in [7, 11) is 0. The Balaban J connectivity index is 1.44. The Bertz CT molecular complexity index is 699. The van der Waals surface area contributed by atoms with E-state index in [9.17, 15) is 4.79 Å². The number of hydrogen-bond acceptors (Lipinski definition) is 5. The van der Waals surface area contributed by atoms with Gasteiger partial charge in [0.15, 0.2) is 0 Å². The molecule has 2 aliphatic rings. The minimum Gasteiger partial charge on any atom is -0.432 e. The van der Waals surface area contributed by atoms with Gasteiger partial charge in [-0.25, -0.2) is 9.67 Å². The maximum Gasteiger partial charge on any atom is 0.294 e. The molecule has 0 unspecified atom stereocenters. The van der Waals surface area contributed by atoms with Gasteiger partial charge in [0.25, 0.3) is 11.6 Å². The second-order valence-electron chi connectivity index (χ2n) is 6.24. The fourth-order valence-electron chi connectivity index (χ4n) is 3.61. The quantitative estimate of drug-likeness (QED) is 0.941. The Morgan fingerprint density at radius 3 is 2.86 bits per heavy atom. The Morgan fingerprint density at radius 1 is 1.23 bits per heavy atom. The first-order chi connectivity index (χ1) is 10.8. The van der Waals surface area contributed by atoms with Crippen molar-refractivity contribution in [2.45, 2.75) is 57.0 Å². The summed E-state index contributed by atoms with van der Waals surface area (Å²) in [6.07, 6.45) is 10.3. The Labute approximate surface area is 128 Å². The maximum atomic E-state index is 12.3. The number of oxazole rings is 1. The predicted octanol–water partition coefficient (Wildman–Crippen LogP) is 2.32. The van der Waals surface area contributed by atoms with E-state index in [-0.39, 0.29) is 11.6 Å². The number of hydrogen-bond donors (Lipinski definition) is 1. The summed E-state index contributed by atoms with van der Waals surface area (Å²) >= 11 is 0. The summed E-state index contributed by atoms with van der Waals surface area (Å²) in [6.45, 7) is 0. The summed E-state index contributed by atoms with van der Waals surface area (Å²) in [5.74, 6) is 0. The molecule has 4 rings (SSSR count). The van der Waals surface area contributed by atoms with Gasteiger partial charge in [-0.2, -0.15) is 5.10 Å². The molecule has 0 aliphatic heterocycles. The van der Waals surface area contributed by atoms with Gasteiger partial charge >= 0.3 is 0 Å². The van der Waals surface area contributed by atoms with Gasteiger partial charge in [-0.05, 0) is 50.5 Å². The largest absolute Gasteiger partial charge is 0.432 e. The van der Waals surface area contributed by atoms with E-state index < -0.39 is 0 Å². The molecule has 1 saturated carbocycles. The van der Waals surface area contributed by atoms with Gasteiger partial charge in [0.2, 0.25) is 0 Å². The van der Waals surface area contributed by atoms with Crippen LogP contribution in [0.15, 0.2) is 27.7 Å². The van der Waals surface area contributed by atoms with Crippen molar-refractivity contribution in [3.63, 3.8) is 0 Å². The normalized spacial score (nSPS) is 24.2. The van der Waals surface area contributed by atoms with Gasteiger partial charge in [-0.15, -0.1) is 0 Å². The third-order valence-corrected chi connectivity index (χ3v) is 4.78. The second kappa shape index (κ2) is 5.59. The fourth-order valence-corrected chi connectivity index (χ4v) is 3.61. The van der Waals surface area contributed by atoms with Crippen molar-refractivity contribution in [2.24, 2.45) is 0 Å². The first-order valence-corrected chi connectivity index (χ1v) is 8.07. The van der Waals surface area contributed by atoms with E-state index in [2.05, 4.69) is 15.4 Å². The molecule has 2 aliphatic carbocycles. The minimum absolute atomic E-state index is 0.0600. The second-order valence-corrected chi connectivity index (χ2v) is 6.24. The molecule has 0 amide bonds. The molecule has 1 N–H and O–H groups in total. The van der Waals surface area contributed by atoms with Crippen LogP contribution in [0.5, 0.6) is 0 Å². The van der Waals surface area contributed by atoms with Crippen molar-refractivity contribution in [3.8, 4) is 0 Å². The third kappa shape index (κ3) is 2.53. The summed E-state index contributed by atoms with van der Waals surface area (Å²) in [5, 5.41) is 7.93. The van der Waals surface area contributed by atoms with E-state index in [1.54, 1.807) is 23.2 Å². The fraction of sp³-hybridized carbons (Fsp3) is 0.562. The van der Waals surface area contributed by atoms with Crippen molar-refractivity contribution in [3.05, 3.63) is 40.1 Å². The Morgan fingerprint density at radius 2 is 2.09 bits per heavy atom. The van der Waals surface area contributed by atoms with Crippen LogP contribution in [0.1, 0.15) is 49.4 Å². The number of aryl methyl sites for hydroxylation is 2. The van der Waals surface area contributed by atoms with Crippen LogP contribution in [-0.2, 0) is 12.8 Å². The lowest BCUT2D eigenvalue weighted by Crippen LogP contribution is -2.33. The van der Waals surface area contributed by atoms with Crippen LogP contribution in [0.25, 0.3) is 0 Å². The van der Waals surface area contributed by atoms with Crippen molar-refractivity contribution < 1.29 is 4.42 Å². The van der Waals surface area contributed by atoms with Gasteiger partial charge < -0.3 is 9.73 Å². The number of aromatic nitrogens is 3. The SMILES string of the molecule is O=c1cc2c(nn1C1CCC(Nc3ncco3)CC1)CCC2. The molecule has 0 saturated heterocycles. The van der Waals surface area contributed by atoms with Gasteiger partial charge in [-0.1, -0.05) is 0 Å². The van der Waals surface area contributed by atoms with Crippen molar-refractivity contribution in [1.82, 2.24) is 14.8 Å². The van der Waals surface area contributed by atoms with Crippen LogP contribution in [-0.4, -0.2) is 20.8 Å². The van der Waals surface area contributed by atoms with E-state index in [1.807, 2.05) is 0 Å². The van der Waals surface area contributed by atoms with Crippen molar-refractivity contribution in [1.29, 1.82) is 0 Å². The van der Waals surface area contributed by atoms with E-state index in [1.165, 1.54) is 0 Å². The molecule has 6 nitrogen and oxygen atoms in total. The van der Waals surface area contributed by atoms with Crippen LogP contribution >= 0.6 is 0 Å². The van der Waals surface area contributed by atoms with Crippen molar-refractivity contribution >= 4 is 6.01 Å². The standard InChI is InChI=1S/C16H20N4O2/c21-15-10-11-2-1-3-14(11)19-20(15)13-6-4-12(5-7-13)18-16-17-8-9-22-16/h8-10,12-13H,1-7H2,(H,17,18). The smallest absolute Gasteiger partial charge is 0.294 e. The molecule has 2 heterocycles. The first kappa shape index (κ1) is 13.5. The Hall–Kier alpha value is -2.11. The highest BCUT2D eigenvalue weighted by Crippen LogP contribution is 2.29. The van der Waals surface area contributed by atoms with E-state index >= 15 is 0 Å². The Kier molecular flexibility index (Phi) is 3.44. The molecule has 0 atom stereocenters. The molecule has 0 spiro atoms. The number of rotatable bonds is 3. The third-order valence-electron chi connectivity index (χ3n) is 4.78. The lowest BCUT2D eigenvalue weighted by molar-refractivity contribution is 0.299.